The molecule has 0 spiro atoms. The number of rotatable bonds is 7. The molecule has 0 bridgehead atoms. The second kappa shape index (κ2) is 11.3. The van der Waals surface area contributed by atoms with E-state index in [0.29, 0.717) is 11.5 Å². The van der Waals surface area contributed by atoms with Crippen LogP contribution in [0.15, 0.2) is 59.5 Å². The van der Waals surface area contributed by atoms with Crippen LogP contribution in [0.25, 0.3) is 0 Å². The molecule has 0 N–H and O–H groups in total. The van der Waals surface area contributed by atoms with Crippen LogP contribution >= 0.6 is 0 Å². The summed E-state index contributed by atoms with van der Waals surface area (Å²) < 4.78 is 55.2. The minimum atomic E-state index is -4.46. The summed E-state index contributed by atoms with van der Waals surface area (Å²) in [5.74, 6) is 5.26. The van der Waals surface area contributed by atoms with Gasteiger partial charge in [0.2, 0.25) is 0 Å². The Labute approximate surface area is 197 Å². The van der Waals surface area contributed by atoms with Gasteiger partial charge in [-0.1, -0.05) is 45.1 Å². The van der Waals surface area contributed by atoms with E-state index in [2.05, 4.69) is 51.4 Å². The Hall–Kier alpha value is -2.21. The Balaban J connectivity index is 0.000000346. The minimum absolute atomic E-state index is 0.0929. The zero-order valence-corrected chi connectivity index (χ0v) is 21.6. The van der Waals surface area contributed by atoms with Crippen molar-refractivity contribution in [3.8, 4) is 5.75 Å². The molecule has 184 valence electrons. The van der Waals surface area contributed by atoms with Crippen LogP contribution in [0.1, 0.15) is 70.6 Å². The summed E-state index contributed by atoms with van der Waals surface area (Å²) in [6, 6.07) is 11.1. The maximum absolute atomic E-state index is 12.8. The fraction of sp³-hybridized carbons (Fsp3) is 0.444. The molecule has 0 aromatic heterocycles. The third kappa shape index (κ3) is 7.13. The van der Waals surface area contributed by atoms with Gasteiger partial charge in [0.25, 0.3) is 0 Å². The van der Waals surface area contributed by atoms with Gasteiger partial charge in [0.15, 0.2) is 0 Å². The lowest BCUT2D eigenvalue weighted by Crippen LogP contribution is -2.32. The highest BCUT2D eigenvalue weighted by molar-refractivity contribution is 8.01. The van der Waals surface area contributed by atoms with E-state index in [0.717, 1.165) is 24.3 Å². The van der Waals surface area contributed by atoms with Crippen molar-refractivity contribution in [1.29, 1.82) is 0 Å². The fourth-order valence-corrected chi connectivity index (χ4v) is 4.75. The summed E-state index contributed by atoms with van der Waals surface area (Å²) in [6.45, 7) is 15.4. The Morgan fingerprint density at radius 2 is 1.73 bits per heavy atom. The molecule has 0 aliphatic carbocycles. The fourth-order valence-electron chi connectivity index (χ4n) is 2.98. The first-order valence-electron chi connectivity index (χ1n) is 11.0. The molecule has 0 radical (unpaired) electrons. The normalized spacial score (nSPS) is 14.5. The van der Waals surface area contributed by atoms with E-state index in [-0.39, 0.29) is 4.90 Å². The SMILES string of the molecule is C=C(C)C(C)(C)S(=C)(=O)c1cccc(C(F)(F)F)c1.CCc1cc(OC)cc(C(C)CC)c1. The first-order valence-corrected chi connectivity index (χ1v) is 12.7. The maximum atomic E-state index is 12.8. The average molecular weight is 483 g/mol. The number of halogens is 3. The molecule has 2 aromatic carbocycles. The van der Waals surface area contributed by atoms with Crippen LogP contribution in [0.4, 0.5) is 13.2 Å². The second-order valence-corrected chi connectivity index (χ2v) is 11.6. The van der Waals surface area contributed by atoms with Crippen LogP contribution in [0.3, 0.4) is 0 Å². The predicted octanol–water partition coefficient (Wildman–Crippen LogP) is 7.91. The molecule has 2 aromatic rings. The lowest BCUT2D eigenvalue weighted by molar-refractivity contribution is -0.137. The molecular weight excluding hydrogens is 445 g/mol. The summed E-state index contributed by atoms with van der Waals surface area (Å²) in [7, 11) is -1.19. The molecule has 0 aliphatic heterocycles. The van der Waals surface area contributed by atoms with Crippen molar-refractivity contribution in [2.75, 3.05) is 7.11 Å². The van der Waals surface area contributed by atoms with Gasteiger partial charge in [-0.25, -0.2) is 0 Å². The first kappa shape index (κ1) is 28.8. The largest absolute Gasteiger partial charge is 0.497 e. The van der Waals surface area contributed by atoms with Gasteiger partial charge in [-0.15, -0.1) is 0 Å². The Kier molecular flexibility index (Phi) is 9.85. The van der Waals surface area contributed by atoms with E-state index in [9.17, 15) is 17.4 Å². The monoisotopic (exact) mass is 482 g/mol. The molecule has 0 fully saturated rings. The van der Waals surface area contributed by atoms with Crippen LogP contribution in [-0.4, -0.2) is 21.9 Å². The summed E-state index contributed by atoms with van der Waals surface area (Å²) in [4.78, 5) is 0.0929. The number of hydrogen-bond donors (Lipinski definition) is 0. The van der Waals surface area contributed by atoms with Gasteiger partial charge in [-0.2, -0.15) is 13.2 Å². The Bertz CT molecular complexity index is 1030. The first-order chi connectivity index (χ1) is 15.1. The average Bonchev–Trinajstić information content (AvgIpc) is 2.77. The van der Waals surface area contributed by atoms with Crippen molar-refractivity contribution >= 4 is 15.4 Å². The third-order valence-electron chi connectivity index (χ3n) is 6.21. The van der Waals surface area contributed by atoms with E-state index >= 15 is 0 Å². The number of hydrogen-bond acceptors (Lipinski definition) is 2. The summed E-state index contributed by atoms with van der Waals surface area (Å²) in [5.41, 5.74) is 2.55. The number of methoxy groups -OCH3 is 1. The van der Waals surface area contributed by atoms with E-state index in [1.807, 2.05) is 0 Å². The molecule has 2 atom stereocenters. The van der Waals surface area contributed by atoms with Gasteiger partial charge in [-0.3, -0.25) is 4.21 Å². The van der Waals surface area contributed by atoms with E-state index in [1.165, 1.54) is 29.7 Å². The lowest BCUT2D eigenvalue weighted by Gasteiger charge is -2.30. The van der Waals surface area contributed by atoms with Crippen LogP contribution < -0.4 is 4.74 Å². The minimum Gasteiger partial charge on any atom is -0.497 e. The van der Waals surface area contributed by atoms with Crippen molar-refractivity contribution in [3.63, 3.8) is 0 Å². The summed E-state index contributed by atoms with van der Waals surface area (Å²) >= 11 is 0. The van der Waals surface area contributed by atoms with E-state index in [4.69, 9.17) is 4.74 Å². The summed E-state index contributed by atoms with van der Waals surface area (Å²) in [5, 5.41) is 0. The second-order valence-electron chi connectivity index (χ2n) is 8.77. The van der Waals surface area contributed by atoms with Gasteiger partial charge in [0.1, 0.15) is 5.75 Å². The summed E-state index contributed by atoms with van der Waals surface area (Å²) in [6.07, 6.45) is -2.21. The molecule has 0 saturated carbocycles. The molecule has 33 heavy (non-hydrogen) atoms. The van der Waals surface area contributed by atoms with E-state index in [1.54, 1.807) is 27.9 Å². The van der Waals surface area contributed by atoms with Crippen LogP contribution in [0, 0.1) is 0 Å². The molecule has 0 amide bonds. The molecule has 0 heterocycles. The van der Waals surface area contributed by atoms with Crippen molar-refractivity contribution in [2.45, 2.75) is 76.1 Å². The zero-order chi connectivity index (χ0) is 25.6. The van der Waals surface area contributed by atoms with Crippen molar-refractivity contribution in [3.05, 3.63) is 71.3 Å². The molecule has 2 rings (SSSR count). The Morgan fingerprint density at radius 1 is 1.12 bits per heavy atom. The topological polar surface area (TPSA) is 26.3 Å². The highest BCUT2D eigenvalue weighted by Gasteiger charge is 2.34. The smallest absolute Gasteiger partial charge is 0.416 e. The van der Waals surface area contributed by atoms with Crippen molar-refractivity contribution in [2.24, 2.45) is 0 Å². The van der Waals surface area contributed by atoms with Gasteiger partial charge >= 0.3 is 6.18 Å². The molecule has 0 aliphatic rings. The number of ether oxygens (including phenoxy) is 1. The van der Waals surface area contributed by atoms with Crippen LogP contribution in [-0.2, 0) is 22.1 Å². The number of benzene rings is 2. The molecule has 6 heteroatoms. The lowest BCUT2D eigenvalue weighted by atomic mass is 9.96. The van der Waals surface area contributed by atoms with Gasteiger partial charge < -0.3 is 4.74 Å². The van der Waals surface area contributed by atoms with Crippen LogP contribution in [0.2, 0.25) is 0 Å². The number of aryl methyl sites for hydroxylation is 1. The van der Waals surface area contributed by atoms with Crippen molar-refractivity contribution < 1.29 is 22.1 Å². The maximum Gasteiger partial charge on any atom is 0.416 e. The molecular formula is C27H37F3O2S. The molecule has 2 nitrogen and oxygen atoms in total. The third-order valence-corrected chi connectivity index (χ3v) is 9.22. The quantitative estimate of drug-likeness (QED) is 0.296. The molecule has 0 saturated heterocycles. The van der Waals surface area contributed by atoms with Gasteiger partial charge in [0.05, 0.1) is 17.4 Å². The van der Waals surface area contributed by atoms with E-state index < -0.39 is 26.0 Å². The highest BCUT2D eigenvalue weighted by atomic mass is 32.2. The molecule has 2 unspecified atom stereocenters. The highest BCUT2D eigenvalue weighted by Crippen LogP contribution is 2.35. The Morgan fingerprint density at radius 3 is 2.18 bits per heavy atom. The number of alkyl halides is 3. The van der Waals surface area contributed by atoms with Crippen LogP contribution in [0.5, 0.6) is 5.75 Å². The standard InChI is InChI=1S/C14H17F3OS.C13H20O/c1-10(2)13(3,4)19(5,18)12-8-6-7-11(9-12)14(15,16)17;1-5-10(3)12-7-11(6-2)8-13(9-12)14-4/h6-9H,1,5H2,2-4H3;7-10H,5-6H2,1-4H3. The predicted molar refractivity (Wildman–Crippen MR) is 135 cm³/mol. The van der Waals surface area contributed by atoms with Gasteiger partial charge in [0, 0.05) is 14.4 Å². The van der Waals surface area contributed by atoms with Gasteiger partial charge in [-0.05, 0) is 86.9 Å². The van der Waals surface area contributed by atoms with Crippen molar-refractivity contribution in [1.82, 2.24) is 0 Å². The zero-order valence-electron chi connectivity index (χ0n) is 20.8.